The van der Waals surface area contributed by atoms with E-state index in [1.807, 2.05) is 6.07 Å². The zero-order valence-electron chi connectivity index (χ0n) is 13.8. The molecule has 0 saturated heterocycles. The molecule has 1 atom stereocenters. The van der Waals surface area contributed by atoms with Gasteiger partial charge in [0.1, 0.15) is 5.75 Å². The van der Waals surface area contributed by atoms with Gasteiger partial charge < -0.3 is 10.1 Å². The summed E-state index contributed by atoms with van der Waals surface area (Å²) in [5.74, 6) is 1.47. The standard InChI is InChI=1S/C20H27NO/c1-15(14-21-19-6-4-3-5-7-19)16-8-9-18-13-20(22-2)11-10-17(18)12-16/h8-13,15,19,21H,3-7,14H2,1-2H3. The van der Waals surface area contributed by atoms with Crippen molar-refractivity contribution in [3.8, 4) is 5.75 Å². The Morgan fingerprint density at radius 3 is 2.55 bits per heavy atom. The van der Waals surface area contributed by atoms with Crippen molar-refractivity contribution in [2.24, 2.45) is 0 Å². The first-order valence-electron chi connectivity index (χ1n) is 8.57. The maximum absolute atomic E-state index is 5.30. The number of benzene rings is 2. The molecular weight excluding hydrogens is 270 g/mol. The summed E-state index contributed by atoms with van der Waals surface area (Å²) < 4.78 is 5.30. The second-order valence-electron chi connectivity index (χ2n) is 6.62. The maximum atomic E-state index is 5.30. The van der Waals surface area contributed by atoms with Crippen LogP contribution in [-0.4, -0.2) is 19.7 Å². The Labute approximate surface area is 133 Å². The molecule has 1 unspecified atom stereocenters. The Bertz CT molecular complexity index is 616. The van der Waals surface area contributed by atoms with E-state index in [1.54, 1.807) is 7.11 Å². The fourth-order valence-electron chi connectivity index (χ4n) is 3.44. The summed E-state index contributed by atoms with van der Waals surface area (Å²) >= 11 is 0. The molecule has 0 spiro atoms. The van der Waals surface area contributed by atoms with Gasteiger partial charge in [0.25, 0.3) is 0 Å². The highest BCUT2D eigenvalue weighted by molar-refractivity contribution is 5.84. The molecule has 0 aliphatic heterocycles. The van der Waals surface area contributed by atoms with Crippen LogP contribution in [0.5, 0.6) is 5.75 Å². The second-order valence-corrected chi connectivity index (χ2v) is 6.62. The van der Waals surface area contributed by atoms with E-state index in [4.69, 9.17) is 4.74 Å². The molecular formula is C20H27NO. The lowest BCUT2D eigenvalue weighted by molar-refractivity contribution is 0.367. The SMILES string of the molecule is COc1ccc2cc(C(C)CNC3CCCCC3)ccc2c1. The molecule has 1 fully saturated rings. The molecule has 1 saturated carbocycles. The minimum Gasteiger partial charge on any atom is -0.497 e. The number of hydrogen-bond donors (Lipinski definition) is 1. The van der Waals surface area contributed by atoms with Gasteiger partial charge >= 0.3 is 0 Å². The molecule has 22 heavy (non-hydrogen) atoms. The van der Waals surface area contributed by atoms with E-state index in [1.165, 1.54) is 48.4 Å². The van der Waals surface area contributed by atoms with E-state index in [2.05, 4.69) is 42.6 Å². The van der Waals surface area contributed by atoms with Crippen molar-refractivity contribution in [1.82, 2.24) is 5.32 Å². The third kappa shape index (κ3) is 3.61. The first kappa shape index (κ1) is 15.4. The van der Waals surface area contributed by atoms with Crippen LogP contribution in [-0.2, 0) is 0 Å². The Morgan fingerprint density at radius 2 is 1.77 bits per heavy atom. The average molecular weight is 297 g/mol. The van der Waals surface area contributed by atoms with Crippen molar-refractivity contribution < 1.29 is 4.74 Å². The van der Waals surface area contributed by atoms with Crippen LogP contribution >= 0.6 is 0 Å². The van der Waals surface area contributed by atoms with Crippen molar-refractivity contribution in [1.29, 1.82) is 0 Å². The van der Waals surface area contributed by atoms with E-state index >= 15 is 0 Å². The topological polar surface area (TPSA) is 21.3 Å². The van der Waals surface area contributed by atoms with Crippen molar-refractivity contribution in [3.05, 3.63) is 42.0 Å². The number of ether oxygens (including phenoxy) is 1. The van der Waals surface area contributed by atoms with Crippen LogP contribution in [0.25, 0.3) is 10.8 Å². The number of nitrogens with one attached hydrogen (secondary N) is 1. The van der Waals surface area contributed by atoms with Gasteiger partial charge in [-0.1, -0.05) is 50.5 Å². The molecule has 3 rings (SSSR count). The molecule has 1 N–H and O–H groups in total. The van der Waals surface area contributed by atoms with Gasteiger partial charge in [0, 0.05) is 12.6 Å². The lowest BCUT2D eigenvalue weighted by atomic mass is 9.93. The summed E-state index contributed by atoms with van der Waals surface area (Å²) in [5, 5.41) is 6.31. The molecule has 1 aliphatic rings. The summed E-state index contributed by atoms with van der Waals surface area (Å²) in [6.45, 7) is 3.40. The second kappa shape index (κ2) is 7.15. The molecule has 2 aromatic rings. The van der Waals surface area contributed by atoms with E-state index in [0.29, 0.717) is 5.92 Å². The minimum absolute atomic E-state index is 0.549. The highest BCUT2D eigenvalue weighted by Crippen LogP contribution is 2.25. The molecule has 1 aliphatic carbocycles. The molecule has 2 aromatic carbocycles. The van der Waals surface area contributed by atoms with Gasteiger partial charge in [-0.05, 0) is 47.2 Å². The van der Waals surface area contributed by atoms with Crippen molar-refractivity contribution in [3.63, 3.8) is 0 Å². The van der Waals surface area contributed by atoms with Crippen LogP contribution in [0.15, 0.2) is 36.4 Å². The molecule has 2 heteroatoms. The van der Waals surface area contributed by atoms with E-state index in [-0.39, 0.29) is 0 Å². The fourth-order valence-corrected chi connectivity index (χ4v) is 3.44. The number of fused-ring (bicyclic) bond motifs is 1. The average Bonchev–Trinajstić information content (AvgIpc) is 2.59. The Hall–Kier alpha value is -1.54. The monoisotopic (exact) mass is 297 g/mol. The third-order valence-electron chi connectivity index (χ3n) is 4.96. The number of methoxy groups -OCH3 is 1. The largest absolute Gasteiger partial charge is 0.497 e. The van der Waals surface area contributed by atoms with Crippen molar-refractivity contribution in [2.45, 2.75) is 51.0 Å². The van der Waals surface area contributed by atoms with E-state index in [9.17, 15) is 0 Å². The number of rotatable bonds is 5. The highest BCUT2D eigenvalue weighted by atomic mass is 16.5. The van der Waals surface area contributed by atoms with Crippen LogP contribution in [0.1, 0.15) is 50.5 Å². The van der Waals surface area contributed by atoms with Crippen LogP contribution in [0, 0.1) is 0 Å². The van der Waals surface area contributed by atoms with Gasteiger partial charge in [0.2, 0.25) is 0 Å². The molecule has 0 amide bonds. The van der Waals surface area contributed by atoms with Crippen LogP contribution in [0.3, 0.4) is 0 Å². The van der Waals surface area contributed by atoms with Gasteiger partial charge in [-0.2, -0.15) is 0 Å². The number of hydrogen-bond acceptors (Lipinski definition) is 2. The van der Waals surface area contributed by atoms with Crippen LogP contribution in [0.2, 0.25) is 0 Å². The summed E-state index contributed by atoms with van der Waals surface area (Å²) in [7, 11) is 1.72. The lowest BCUT2D eigenvalue weighted by Crippen LogP contribution is -2.33. The highest BCUT2D eigenvalue weighted by Gasteiger charge is 2.14. The molecule has 2 nitrogen and oxygen atoms in total. The zero-order chi connectivity index (χ0) is 15.4. The van der Waals surface area contributed by atoms with Crippen molar-refractivity contribution in [2.75, 3.05) is 13.7 Å². The minimum atomic E-state index is 0.549. The Balaban J connectivity index is 1.66. The van der Waals surface area contributed by atoms with Gasteiger partial charge in [0.15, 0.2) is 0 Å². The predicted octanol–water partition coefficient (Wildman–Crippen LogP) is 4.87. The Kier molecular flexibility index (Phi) is 4.99. The Morgan fingerprint density at radius 1 is 1.05 bits per heavy atom. The normalized spacial score (nSPS) is 17.5. The fraction of sp³-hybridized carbons (Fsp3) is 0.500. The van der Waals surface area contributed by atoms with Gasteiger partial charge in [0.05, 0.1) is 7.11 Å². The zero-order valence-corrected chi connectivity index (χ0v) is 13.8. The van der Waals surface area contributed by atoms with E-state index < -0.39 is 0 Å². The summed E-state index contributed by atoms with van der Waals surface area (Å²) in [6.07, 6.45) is 6.91. The third-order valence-corrected chi connectivity index (χ3v) is 4.96. The lowest BCUT2D eigenvalue weighted by Gasteiger charge is -2.25. The molecule has 0 bridgehead atoms. The van der Waals surface area contributed by atoms with Crippen LogP contribution in [0.4, 0.5) is 0 Å². The first-order valence-corrected chi connectivity index (χ1v) is 8.57. The smallest absolute Gasteiger partial charge is 0.119 e. The first-order chi connectivity index (χ1) is 10.8. The van der Waals surface area contributed by atoms with Crippen molar-refractivity contribution >= 4 is 10.8 Å². The van der Waals surface area contributed by atoms with Crippen LogP contribution < -0.4 is 10.1 Å². The summed E-state index contributed by atoms with van der Waals surface area (Å²) in [5.41, 5.74) is 1.42. The summed E-state index contributed by atoms with van der Waals surface area (Å²) in [4.78, 5) is 0. The van der Waals surface area contributed by atoms with Gasteiger partial charge in [-0.15, -0.1) is 0 Å². The van der Waals surface area contributed by atoms with Gasteiger partial charge in [-0.3, -0.25) is 0 Å². The quantitative estimate of drug-likeness (QED) is 0.849. The summed E-state index contributed by atoms with van der Waals surface area (Å²) in [6, 6.07) is 13.8. The molecule has 118 valence electrons. The molecule has 0 heterocycles. The van der Waals surface area contributed by atoms with E-state index in [0.717, 1.165) is 18.3 Å². The molecule has 0 radical (unpaired) electrons. The molecule has 0 aromatic heterocycles. The maximum Gasteiger partial charge on any atom is 0.119 e. The van der Waals surface area contributed by atoms with Gasteiger partial charge in [-0.25, -0.2) is 0 Å². The predicted molar refractivity (Wildman–Crippen MR) is 93.8 cm³/mol.